The normalized spacial score (nSPS) is 19.9. The zero-order chi connectivity index (χ0) is 12.0. The molecular weight excluding hydrogens is 216 g/mol. The van der Waals surface area contributed by atoms with Gasteiger partial charge in [-0.2, -0.15) is 0 Å². The lowest BCUT2D eigenvalue weighted by atomic mass is 10.0. The van der Waals surface area contributed by atoms with Crippen molar-refractivity contribution in [1.29, 1.82) is 0 Å². The Hall–Kier alpha value is -2.10. The molecule has 3 rings (SSSR count). The highest BCUT2D eigenvalue weighted by molar-refractivity contribution is 6.17. The van der Waals surface area contributed by atoms with Gasteiger partial charge < -0.3 is 10.3 Å². The van der Waals surface area contributed by atoms with Crippen LogP contribution in [-0.2, 0) is 0 Å². The van der Waals surface area contributed by atoms with Crippen LogP contribution in [0, 0.1) is 0 Å². The van der Waals surface area contributed by atoms with Crippen LogP contribution in [0.3, 0.4) is 0 Å². The topological polar surface area (TPSA) is 62.0 Å². The van der Waals surface area contributed by atoms with Gasteiger partial charge in [0.1, 0.15) is 5.69 Å². The summed E-state index contributed by atoms with van der Waals surface area (Å²) in [6.07, 6.45) is 0.348. The van der Waals surface area contributed by atoms with Crippen LogP contribution < -0.4 is 5.32 Å². The number of nitrogens with one attached hydrogen (secondary N) is 2. The fourth-order valence-corrected chi connectivity index (χ4v) is 2.33. The number of benzene rings is 1. The Morgan fingerprint density at radius 2 is 2.00 bits per heavy atom. The van der Waals surface area contributed by atoms with Gasteiger partial charge in [-0.3, -0.25) is 9.59 Å². The summed E-state index contributed by atoms with van der Waals surface area (Å²) in [5.41, 5.74) is 1.75. The number of rotatable bonds is 0. The molecule has 2 heterocycles. The quantitative estimate of drug-likeness (QED) is 0.723. The van der Waals surface area contributed by atoms with Crippen molar-refractivity contribution in [3.05, 3.63) is 35.5 Å². The number of fused-ring (bicyclic) bond motifs is 3. The van der Waals surface area contributed by atoms with Crippen molar-refractivity contribution >= 4 is 22.6 Å². The van der Waals surface area contributed by atoms with Crippen LogP contribution in [0.25, 0.3) is 10.9 Å². The molecule has 2 N–H and O–H groups in total. The van der Waals surface area contributed by atoms with Crippen LogP contribution in [0.1, 0.15) is 34.2 Å². The van der Waals surface area contributed by atoms with Gasteiger partial charge >= 0.3 is 0 Å². The molecule has 1 aromatic heterocycles. The maximum Gasteiger partial charge on any atom is 0.268 e. The lowest BCUT2D eigenvalue weighted by Crippen LogP contribution is -2.31. The summed E-state index contributed by atoms with van der Waals surface area (Å²) in [4.78, 5) is 27.1. The lowest BCUT2D eigenvalue weighted by Gasteiger charge is -2.07. The van der Waals surface area contributed by atoms with Gasteiger partial charge in [0.15, 0.2) is 5.78 Å². The Balaban J connectivity index is 2.32. The number of H-pyrrole nitrogens is 1. The highest BCUT2D eigenvalue weighted by Crippen LogP contribution is 2.26. The van der Waals surface area contributed by atoms with Gasteiger partial charge in [0, 0.05) is 23.4 Å². The van der Waals surface area contributed by atoms with Gasteiger partial charge in [-0.1, -0.05) is 18.2 Å². The van der Waals surface area contributed by atoms with E-state index in [0.29, 0.717) is 17.7 Å². The second kappa shape index (κ2) is 3.45. The Morgan fingerprint density at radius 3 is 2.82 bits per heavy atom. The summed E-state index contributed by atoms with van der Waals surface area (Å²) < 4.78 is 0. The first-order chi connectivity index (χ1) is 8.16. The number of Topliss-reactive ketones (excluding diaryl/α,β-unsaturated/α-hetero) is 1. The number of para-hydroxylation sites is 1. The summed E-state index contributed by atoms with van der Waals surface area (Å²) in [7, 11) is 0. The van der Waals surface area contributed by atoms with Crippen molar-refractivity contribution < 1.29 is 9.59 Å². The first kappa shape index (κ1) is 10.1. The number of hydrogen-bond acceptors (Lipinski definition) is 2. The number of amides is 1. The molecule has 0 saturated heterocycles. The summed E-state index contributed by atoms with van der Waals surface area (Å²) in [5, 5.41) is 3.63. The van der Waals surface area contributed by atoms with Crippen molar-refractivity contribution in [1.82, 2.24) is 10.3 Å². The van der Waals surface area contributed by atoms with Crippen LogP contribution in [0.5, 0.6) is 0 Å². The maximum atomic E-state index is 12.1. The Kier molecular flexibility index (Phi) is 2.04. The minimum Gasteiger partial charge on any atom is -0.350 e. The van der Waals surface area contributed by atoms with Crippen molar-refractivity contribution in [3.8, 4) is 0 Å². The lowest BCUT2D eigenvalue weighted by molar-refractivity contribution is 0.0936. The van der Waals surface area contributed by atoms with E-state index in [0.717, 1.165) is 10.9 Å². The number of carbonyl (C=O) groups excluding carboxylic acids is 2. The molecule has 0 bridgehead atoms. The molecule has 0 fully saturated rings. The van der Waals surface area contributed by atoms with E-state index in [4.69, 9.17) is 0 Å². The molecule has 1 aliphatic heterocycles. The molecule has 2 aromatic rings. The molecule has 1 amide bonds. The average Bonchev–Trinajstić information content (AvgIpc) is 2.63. The van der Waals surface area contributed by atoms with E-state index in [1.165, 1.54) is 0 Å². The SMILES string of the molecule is CC1CC(=O)c2c([nH]c3ccccc23)C(=O)N1. The zero-order valence-corrected chi connectivity index (χ0v) is 9.41. The average molecular weight is 228 g/mol. The van der Waals surface area contributed by atoms with Gasteiger partial charge in [-0.05, 0) is 13.0 Å². The first-order valence-electron chi connectivity index (χ1n) is 5.61. The predicted molar refractivity (Wildman–Crippen MR) is 64.2 cm³/mol. The summed E-state index contributed by atoms with van der Waals surface area (Å²) in [5.74, 6) is -0.183. The third-order valence-electron chi connectivity index (χ3n) is 3.08. The van der Waals surface area contributed by atoms with Gasteiger partial charge in [0.05, 0.1) is 5.56 Å². The largest absolute Gasteiger partial charge is 0.350 e. The molecule has 1 aliphatic rings. The molecular formula is C13H12N2O2. The maximum absolute atomic E-state index is 12.1. The molecule has 0 radical (unpaired) electrons. The van der Waals surface area contributed by atoms with Crippen LogP contribution in [-0.4, -0.2) is 22.7 Å². The summed E-state index contributed by atoms with van der Waals surface area (Å²) in [6, 6.07) is 7.37. The molecule has 86 valence electrons. The zero-order valence-electron chi connectivity index (χ0n) is 9.41. The van der Waals surface area contributed by atoms with Gasteiger partial charge in [-0.25, -0.2) is 0 Å². The van der Waals surface area contributed by atoms with Crippen LogP contribution in [0.4, 0.5) is 0 Å². The number of aromatic amines is 1. The summed E-state index contributed by atoms with van der Waals surface area (Å²) >= 11 is 0. The highest BCUT2D eigenvalue weighted by Gasteiger charge is 2.28. The van der Waals surface area contributed by atoms with E-state index in [9.17, 15) is 9.59 Å². The molecule has 17 heavy (non-hydrogen) atoms. The van der Waals surface area contributed by atoms with Gasteiger partial charge in [0.25, 0.3) is 5.91 Å². The monoisotopic (exact) mass is 228 g/mol. The van der Waals surface area contributed by atoms with E-state index >= 15 is 0 Å². The summed E-state index contributed by atoms with van der Waals surface area (Å²) in [6.45, 7) is 1.84. The number of hydrogen-bond donors (Lipinski definition) is 2. The number of aromatic nitrogens is 1. The standard InChI is InChI=1S/C13H12N2O2/c1-7-6-10(16)11-8-4-2-3-5-9(8)15-12(11)13(17)14-7/h2-5,7,15H,6H2,1H3,(H,14,17). The fourth-order valence-electron chi connectivity index (χ4n) is 2.33. The molecule has 4 nitrogen and oxygen atoms in total. The smallest absolute Gasteiger partial charge is 0.268 e. The van der Waals surface area contributed by atoms with E-state index in [2.05, 4.69) is 10.3 Å². The molecule has 0 aliphatic carbocycles. The van der Waals surface area contributed by atoms with Crippen LogP contribution in [0.15, 0.2) is 24.3 Å². The Labute approximate surface area is 98.0 Å². The minimum atomic E-state index is -0.199. The molecule has 0 saturated carbocycles. The Morgan fingerprint density at radius 1 is 1.24 bits per heavy atom. The first-order valence-corrected chi connectivity index (χ1v) is 5.61. The molecule has 0 spiro atoms. The highest BCUT2D eigenvalue weighted by atomic mass is 16.2. The minimum absolute atomic E-state index is 0.0169. The van der Waals surface area contributed by atoms with Crippen molar-refractivity contribution in [3.63, 3.8) is 0 Å². The van der Waals surface area contributed by atoms with Crippen molar-refractivity contribution in [2.75, 3.05) is 0 Å². The fraction of sp³-hybridized carbons (Fsp3) is 0.231. The van der Waals surface area contributed by atoms with E-state index in [1.807, 2.05) is 31.2 Å². The molecule has 1 atom stereocenters. The van der Waals surface area contributed by atoms with Gasteiger partial charge in [-0.15, -0.1) is 0 Å². The van der Waals surface area contributed by atoms with Crippen molar-refractivity contribution in [2.24, 2.45) is 0 Å². The predicted octanol–water partition coefficient (Wildman–Crippen LogP) is 1.87. The van der Waals surface area contributed by atoms with E-state index in [-0.39, 0.29) is 17.7 Å². The van der Waals surface area contributed by atoms with Crippen molar-refractivity contribution in [2.45, 2.75) is 19.4 Å². The van der Waals surface area contributed by atoms with Gasteiger partial charge in [0.2, 0.25) is 0 Å². The Bertz CT molecular complexity index is 627. The third kappa shape index (κ3) is 1.45. The van der Waals surface area contributed by atoms with E-state index < -0.39 is 0 Å². The number of ketones is 1. The molecule has 1 unspecified atom stereocenters. The number of carbonyl (C=O) groups is 2. The second-order valence-corrected chi connectivity index (χ2v) is 4.42. The second-order valence-electron chi connectivity index (χ2n) is 4.42. The van der Waals surface area contributed by atoms with Crippen LogP contribution >= 0.6 is 0 Å². The molecule has 1 aromatic carbocycles. The van der Waals surface area contributed by atoms with E-state index in [1.54, 1.807) is 0 Å². The molecule has 4 heteroatoms. The third-order valence-corrected chi connectivity index (χ3v) is 3.08. The van der Waals surface area contributed by atoms with Crippen LogP contribution in [0.2, 0.25) is 0 Å².